The van der Waals surface area contributed by atoms with Crippen LogP contribution in [-0.4, -0.2) is 30.1 Å². The van der Waals surface area contributed by atoms with Crippen molar-refractivity contribution in [3.05, 3.63) is 0 Å². The van der Waals surface area contributed by atoms with Crippen LogP contribution < -0.4 is 5.73 Å². The summed E-state index contributed by atoms with van der Waals surface area (Å²) in [4.78, 5) is 2.50. The largest absolute Gasteiger partial charge is 0.329 e. The Kier molecular flexibility index (Phi) is 2.69. The standard InChI is InChI=1S/C8H18N2/c1-3-10(7(2)6-9)8-4-5-8/h7-8H,3-6,9H2,1-2H3. The van der Waals surface area contributed by atoms with Gasteiger partial charge in [0.2, 0.25) is 0 Å². The molecule has 1 atom stereocenters. The second-order valence-corrected chi connectivity index (χ2v) is 3.15. The fourth-order valence-electron chi connectivity index (χ4n) is 1.47. The number of rotatable bonds is 4. The number of hydrogen-bond acceptors (Lipinski definition) is 2. The van der Waals surface area contributed by atoms with Gasteiger partial charge in [0.05, 0.1) is 0 Å². The molecule has 0 amide bonds. The maximum Gasteiger partial charge on any atom is 0.0192 e. The Bertz CT molecular complexity index is 99.4. The van der Waals surface area contributed by atoms with Crippen molar-refractivity contribution in [2.24, 2.45) is 5.73 Å². The summed E-state index contributed by atoms with van der Waals surface area (Å²) in [7, 11) is 0. The minimum Gasteiger partial charge on any atom is -0.329 e. The SMILES string of the molecule is CCN(C(C)CN)C1CC1. The first-order valence-electron chi connectivity index (χ1n) is 4.25. The molecule has 0 aromatic rings. The first-order valence-corrected chi connectivity index (χ1v) is 4.25. The van der Waals surface area contributed by atoms with Crippen molar-refractivity contribution in [1.29, 1.82) is 0 Å². The highest BCUT2D eigenvalue weighted by Crippen LogP contribution is 2.27. The van der Waals surface area contributed by atoms with Crippen LogP contribution in [0.1, 0.15) is 26.7 Å². The lowest BCUT2D eigenvalue weighted by Crippen LogP contribution is -2.39. The molecule has 0 spiro atoms. The van der Waals surface area contributed by atoms with Crippen molar-refractivity contribution in [1.82, 2.24) is 4.90 Å². The molecule has 2 heteroatoms. The molecule has 0 aromatic carbocycles. The summed E-state index contributed by atoms with van der Waals surface area (Å²) in [5.74, 6) is 0. The summed E-state index contributed by atoms with van der Waals surface area (Å²) < 4.78 is 0. The van der Waals surface area contributed by atoms with Gasteiger partial charge < -0.3 is 5.73 Å². The summed E-state index contributed by atoms with van der Waals surface area (Å²) in [5.41, 5.74) is 5.57. The lowest BCUT2D eigenvalue weighted by molar-refractivity contribution is 0.214. The van der Waals surface area contributed by atoms with Gasteiger partial charge in [0.15, 0.2) is 0 Å². The lowest BCUT2D eigenvalue weighted by atomic mass is 10.3. The molecule has 0 radical (unpaired) electrons. The molecule has 2 N–H and O–H groups in total. The fourth-order valence-corrected chi connectivity index (χ4v) is 1.47. The van der Waals surface area contributed by atoms with Crippen molar-refractivity contribution in [3.63, 3.8) is 0 Å². The maximum absolute atomic E-state index is 5.57. The van der Waals surface area contributed by atoms with Gasteiger partial charge >= 0.3 is 0 Å². The highest BCUT2D eigenvalue weighted by Gasteiger charge is 2.29. The third kappa shape index (κ3) is 1.70. The molecule has 1 rings (SSSR count). The topological polar surface area (TPSA) is 29.3 Å². The summed E-state index contributed by atoms with van der Waals surface area (Å²) in [5, 5.41) is 0. The molecule has 0 aromatic heterocycles. The van der Waals surface area contributed by atoms with E-state index in [1.807, 2.05) is 0 Å². The highest BCUT2D eigenvalue weighted by atomic mass is 15.2. The molecule has 0 bridgehead atoms. The van der Waals surface area contributed by atoms with E-state index in [0.717, 1.165) is 19.1 Å². The van der Waals surface area contributed by atoms with E-state index in [2.05, 4.69) is 18.7 Å². The van der Waals surface area contributed by atoms with Crippen LogP contribution in [-0.2, 0) is 0 Å². The van der Waals surface area contributed by atoms with Crippen LogP contribution in [0.25, 0.3) is 0 Å². The Labute approximate surface area is 63.4 Å². The molecule has 0 aliphatic heterocycles. The normalized spacial score (nSPS) is 21.6. The molecule has 10 heavy (non-hydrogen) atoms. The zero-order valence-corrected chi connectivity index (χ0v) is 7.01. The van der Waals surface area contributed by atoms with E-state index in [-0.39, 0.29) is 0 Å². The number of hydrogen-bond donors (Lipinski definition) is 1. The van der Waals surface area contributed by atoms with Gasteiger partial charge in [-0.3, -0.25) is 4.90 Å². The van der Waals surface area contributed by atoms with Crippen molar-refractivity contribution in [2.45, 2.75) is 38.8 Å². The van der Waals surface area contributed by atoms with Gasteiger partial charge in [0, 0.05) is 18.6 Å². The lowest BCUT2D eigenvalue weighted by Gasteiger charge is -2.26. The Morgan fingerprint density at radius 3 is 2.50 bits per heavy atom. The van der Waals surface area contributed by atoms with Crippen LogP contribution in [0.5, 0.6) is 0 Å². The molecule has 60 valence electrons. The second-order valence-electron chi connectivity index (χ2n) is 3.15. The van der Waals surface area contributed by atoms with Crippen LogP contribution >= 0.6 is 0 Å². The Balaban J connectivity index is 2.30. The molecular formula is C8H18N2. The van der Waals surface area contributed by atoms with Gasteiger partial charge in [0.25, 0.3) is 0 Å². The number of likely N-dealkylation sites (N-methyl/N-ethyl adjacent to an activating group) is 1. The van der Waals surface area contributed by atoms with E-state index in [4.69, 9.17) is 5.73 Å². The monoisotopic (exact) mass is 142 g/mol. The van der Waals surface area contributed by atoms with Gasteiger partial charge in [-0.1, -0.05) is 6.92 Å². The molecule has 1 aliphatic carbocycles. The summed E-state index contributed by atoms with van der Waals surface area (Å²) in [6.45, 7) is 6.37. The van der Waals surface area contributed by atoms with Gasteiger partial charge in [-0.15, -0.1) is 0 Å². The Hall–Kier alpha value is -0.0800. The summed E-state index contributed by atoms with van der Waals surface area (Å²) >= 11 is 0. The first-order chi connectivity index (χ1) is 4.79. The quantitative estimate of drug-likeness (QED) is 0.629. The first kappa shape index (κ1) is 8.02. The van der Waals surface area contributed by atoms with Crippen molar-refractivity contribution < 1.29 is 0 Å². The average molecular weight is 142 g/mol. The van der Waals surface area contributed by atoms with Crippen molar-refractivity contribution in [3.8, 4) is 0 Å². The molecular weight excluding hydrogens is 124 g/mol. The van der Waals surface area contributed by atoms with E-state index >= 15 is 0 Å². The summed E-state index contributed by atoms with van der Waals surface area (Å²) in [6.07, 6.45) is 2.77. The molecule has 2 nitrogen and oxygen atoms in total. The smallest absolute Gasteiger partial charge is 0.0192 e. The maximum atomic E-state index is 5.57. The van der Waals surface area contributed by atoms with Crippen molar-refractivity contribution in [2.75, 3.05) is 13.1 Å². The fraction of sp³-hybridized carbons (Fsp3) is 1.00. The van der Waals surface area contributed by atoms with E-state index < -0.39 is 0 Å². The van der Waals surface area contributed by atoms with Crippen LogP contribution in [0, 0.1) is 0 Å². The summed E-state index contributed by atoms with van der Waals surface area (Å²) in [6, 6.07) is 1.45. The van der Waals surface area contributed by atoms with Crippen LogP contribution in [0.15, 0.2) is 0 Å². The van der Waals surface area contributed by atoms with E-state index in [1.54, 1.807) is 0 Å². The molecule has 1 aliphatic rings. The highest BCUT2D eigenvalue weighted by molar-refractivity contribution is 4.86. The van der Waals surface area contributed by atoms with Crippen LogP contribution in [0.2, 0.25) is 0 Å². The third-order valence-electron chi connectivity index (χ3n) is 2.29. The molecule has 1 fully saturated rings. The predicted molar refractivity (Wildman–Crippen MR) is 43.9 cm³/mol. The van der Waals surface area contributed by atoms with E-state index in [9.17, 15) is 0 Å². The zero-order chi connectivity index (χ0) is 7.56. The molecule has 1 unspecified atom stereocenters. The Morgan fingerprint density at radius 2 is 2.20 bits per heavy atom. The zero-order valence-electron chi connectivity index (χ0n) is 7.01. The second kappa shape index (κ2) is 3.35. The number of nitrogens with zero attached hydrogens (tertiary/aromatic N) is 1. The third-order valence-corrected chi connectivity index (χ3v) is 2.29. The number of nitrogens with two attached hydrogens (primary N) is 1. The van der Waals surface area contributed by atoms with Crippen LogP contribution in [0.3, 0.4) is 0 Å². The molecule has 1 saturated carbocycles. The van der Waals surface area contributed by atoms with Gasteiger partial charge in [-0.2, -0.15) is 0 Å². The van der Waals surface area contributed by atoms with Crippen molar-refractivity contribution >= 4 is 0 Å². The van der Waals surface area contributed by atoms with Gasteiger partial charge in [-0.05, 0) is 26.3 Å². The molecule has 0 heterocycles. The Morgan fingerprint density at radius 1 is 1.60 bits per heavy atom. The van der Waals surface area contributed by atoms with Gasteiger partial charge in [0.1, 0.15) is 0 Å². The van der Waals surface area contributed by atoms with Gasteiger partial charge in [-0.25, -0.2) is 0 Å². The van der Waals surface area contributed by atoms with Crippen LogP contribution in [0.4, 0.5) is 0 Å². The minimum atomic E-state index is 0.581. The molecule has 0 saturated heterocycles. The minimum absolute atomic E-state index is 0.581. The van der Waals surface area contributed by atoms with E-state index in [0.29, 0.717) is 6.04 Å². The predicted octanol–water partition coefficient (Wildman–Crippen LogP) is 0.818. The van der Waals surface area contributed by atoms with E-state index in [1.165, 1.54) is 12.8 Å². The average Bonchev–Trinajstić information content (AvgIpc) is 2.73.